The predicted octanol–water partition coefficient (Wildman–Crippen LogP) is 1.72. The highest BCUT2D eigenvalue weighted by atomic mass is 16.5. The summed E-state index contributed by atoms with van der Waals surface area (Å²) in [7, 11) is 1.34. The van der Waals surface area contributed by atoms with Gasteiger partial charge in [-0.2, -0.15) is 0 Å². The van der Waals surface area contributed by atoms with Gasteiger partial charge in [0.1, 0.15) is 5.82 Å². The summed E-state index contributed by atoms with van der Waals surface area (Å²) in [5.74, 6) is 3.93. The number of esters is 1. The molecule has 0 spiro atoms. The number of nitrogens with zero attached hydrogens (tertiary/aromatic N) is 2. The monoisotopic (exact) mass is 259 g/mol. The molecule has 1 aromatic heterocycles. The highest BCUT2D eigenvalue weighted by Gasteiger charge is 2.65. The molecule has 5 heteroatoms. The number of ether oxygens (including phenoxy) is 1. The van der Waals surface area contributed by atoms with Crippen LogP contribution in [0.1, 0.15) is 29.8 Å². The lowest BCUT2D eigenvalue weighted by Gasteiger charge is -2.10. The number of aromatic nitrogens is 2. The van der Waals surface area contributed by atoms with Crippen molar-refractivity contribution in [3.05, 3.63) is 18.1 Å². The van der Waals surface area contributed by atoms with Gasteiger partial charge in [0.15, 0.2) is 5.69 Å². The summed E-state index contributed by atoms with van der Waals surface area (Å²) in [6.45, 7) is 0. The standard InChI is InChI=1S/C14H17N3O2/c1-19-14(18)9-5-16-10(6-15-9)17-13-11-7-2-3-8(4-7)12(11)13/h5-8,11-13H,2-4H2,1H3,(H,16,17). The highest BCUT2D eigenvalue weighted by Crippen LogP contribution is 2.66. The number of hydrogen-bond acceptors (Lipinski definition) is 5. The maximum Gasteiger partial charge on any atom is 0.358 e. The summed E-state index contributed by atoms with van der Waals surface area (Å²) in [4.78, 5) is 19.6. The molecule has 4 unspecified atom stereocenters. The van der Waals surface area contributed by atoms with Gasteiger partial charge in [0.2, 0.25) is 0 Å². The number of rotatable bonds is 3. The summed E-state index contributed by atoms with van der Waals surface area (Å²) in [6, 6.07) is 0.588. The number of carbonyl (C=O) groups is 1. The van der Waals surface area contributed by atoms with Crippen LogP contribution in [0.3, 0.4) is 0 Å². The van der Waals surface area contributed by atoms with Crippen LogP contribution < -0.4 is 5.32 Å². The lowest BCUT2D eigenvalue weighted by Crippen LogP contribution is -2.14. The molecule has 0 aromatic carbocycles. The Balaban J connectivity index is 1.43. The topological polar surface area (TPSA) is 64.1 Å². The lowest BCUT2D eigenvalue weighted by molar-refractivity contribution is 0.0593. The normalized spacial score (nSPS) is 37.8. The molecular weight excluding hydrogens is 242 g/mol. The van der Waals surface area contributed by atoms with E-state index in [1.54, 1.807) is 6.20 Å². The second-order valence-corrected chi connectivity index (χ2v) is 5.94. The largest absolute Gasteiger partial charge is 0.464 e. The van der Waals surface area contributed by atoms with Gasteiger partial charge in [-0.25, -0.2) is 14.8 Å². The van der Waals surface area contributed by atoms with Crippen molar-refractivity contribution in [3.63, 3.8) is 0 Å². The fraction of sp³-hybridized carbons (Fsp3) is 0.643. The molecule has 3 saturated carbocycles. The minimum atomic E-state index is -0.444. The third kappa shape index (κ3) is 1.64. The maximum atomic E-state index is 11.3. The highest BCUT2D eigenvalue weighted by molar-refractivity contribution is 5.86. The molecule has 0 aliphatic heterocycles. The fourth-order valence-corrected chi connectivity index (χ4v) is 4.30. The Kier molecular flexibility index (Phi) is 2.31. The molecular formula is C14H17N3O2. The average molecular weight is 259 g/mol. The Morgan fingerprint density at radius 1 is 1.26 bits per heavy atom. The summed E-state index contributed by atoms with van der Waals surface area (Å²) >= 11 is 0. The Bertz CT molecular complexity index is 500. The molecule has 19 heavy (non-hydrogen) atoms. The zero-order valence-corrected chi connectivity index (χ0v) is 10.9. The van der Waals surface area contributed by atoms with E-state index in [-0.39, 0.29) is 5.69 Å². The zero-order chi connectivity index (χ0) is 13.0. The molecule has 3 aliphatic carbocycles. The molecule has 0 saturated heterocycles. The van der Waals surface area contributed by atoms with Gasteiger partial charge >= 0.3 is 5.97 Å². The van der Waals surface area contributed by atoms with Crippen LogP contribution in [-0.4, -0.2) is 29.1 Å². The number of nitrogens with one attached hydrogen (secondary N) is 1. The average Bonchev–Trinajstić information content (AvgIpc) is 2.85. The van der Waals surface area contributed by atoms with Crippen molar-refractivity contribution >= 4 is 11.8 Å². The van der Waals surface area contributed by atoms with Gasteiger partial charge in [0.05, 0.1) is 19.5 Å². The molecule has 1 heterocycles. The number of methoxy groups -OCH3 is 1. The van der Waals surface area contributed by atoms with Crippen molar-refractivity contribution in [1.29, 1.82) is 0 Å². The van der Waals surface area contributed by atoms with E-state index in [2.05, 4.69) is 20.0 Å². The van der Waals surface area contributed by atoms with Crippen LogP contribution in [0.25, 0.3) is 0 Å². The van der Waals surface area contributed by atoms with Gasteiger partial charge in [-0.05, 0) is 42.9 Å². The molecule has 4 rings (SSSR count). The maximum absolute atomic E-state index is 11.3. The Labute approximate surface area is 111 Å². The third-order valence-corrected chi connectivity index (χ3v) is 5.10. The minimum Gasteiger partial charge on any atom is -0.464 e. The first-order chi connectivity index (χ1) is 9.28. The van der Waals surface area contributed by atoms with Crippen molar-refractivity contribution in [3.8, 4) is 0 Å². The zero-order valence-electron chi connectivity index (χ0n) is 10.9. The first-order valence-corrected chi connectivity index (χ1v) is 6.95. The van der Waals surface area contributed by atoms with E-state index in [1.165, 1.54) is 32.6 Å². The molecule has 100 valence electrons. The van der Waals surface area contributed by atoms with Crippen LogP contribution in [-0.2, 0) is 4.74 Å². The Morgan fingerprint density at radius 3 is 2.58 bits per heavy atom. The molecule has 0 radical (unpaired) electrons. The molecule has 3 fully saturated rings. The van der Waals surface area contributed by atoms with Crippen LogP contribution in [0.2, 0.25) is 0 Å². The number of hydrogen-bond donors (Lipinski definition) is 1. The first kappa shape index (κ1) is 11.2. The number of anilines is 1. The lowest BCUT2D eigenvalue weighted by atomic mass is 10.0. The van der Waals surface area contributed by atoms with E-state index in [9.17, 15) is 4.79 Å². The second-order valence-electron chi connectivity index (χ2n) is 5.94. The summed E-state index contributed by atoms with van der Waals surface area (Å²) < 4.78 is 4.60. The van der Waals surface area contributed by atoms with Crippen molar-refractivity contribution in [2.24, 2.45) is 23.7 Å². The Morgan fingerprint density at radius 2 is 2.00 bits per heavy atom. The quantitative estimate of drug-likeness (QED) is 0.837. The number of fused-ring (bicyclic) bond motifs is 5. The molecule has 2 bridgehead atoms. The van der Waals surface area contributed by atoms with Crippen LogP contribution in [0.15, 0.2) is 12.4 Å². The van der Waals surface area contributed by atoms with E-state index < -0.39 is 5.97 Å². The summed E-state index contributed by atoms with van der Waals surface area (Å²) in [5, 5.41) is 3.48. The first-order valence-electron chi connectivity index (χ1n) is 6.95. The van der Waals surface area contributed by atoms with Crippen molar-refractivity contribution < 1.29 is 9.53 Å². The van der Waals surface area contributed by atoms with Crippen LogP contribution in [0.5, 0.6) is 0 Å². The summed E-state index contributed by atoms with van der Waals surface area (Å²) in [6.07, 6.45) is 7.37. The van der Waals surface area contributed by atoms with Gasteiger partial charge in [0, 0.05) is 6.04 Å². The van der Waals surface area contributed by atoms with Gasteiger partial charge in [0.25, 0.3) is 0 Å². The Hall–Kier alpha value is -1.65. The van der Waals surface area contributed by atoms with Crippen molar-refractivity contribution in [2.75, 3.05) is 12.4 Å². The minimum absolute atomic E-state index is 0.254. The second kappa shape index (κ2) is 3.92. The molecule has 0 amide bonds. The van der Waals surface area contributed by atoms with E-state index in [1.807, 2.05) is 0 Å². The molecule has 1 N–H and O–H groups in total. The van der Waals surface area contributed by atoms with Crippen LogP contribution in [0, 0.1) is 23.7 Å². The van der Waals surface area contributed by atoms with E-state index in [0.29, 0.717) is 6.04 Å². The van der Waals surface area contributed by atoms with E-state index in [0.717, 1.165) is 29.5 Å². The third-order valence-electron chi connectivity index (χ3n) is 5.10. The van der Waals surface area contributed by atoms with Crippen molar-refractivity contribution in [2.45, 2.75) is 25.3 Å². The van der Waals surface area contributed by atoms with Gasteiger partial charge < -0.3 is 10.1 Å². The van der Waals surface area contributed by atoms with Crippen LogP contribution in [0.4, 0.5) is 5.82 Å². The van der Waals surface area contributed by atoms with Gasteiger partial charge in [-0.3, -0.25) is 0 Å². The fourth-order valence-electron chi connectivity index (χ4n) is 4.30. The molecule has 5 nitrogen and oxygen atoms in total. The van der Waals surface area contributed by atoms with E-state index in [4.69, 9.17) is 0 Å². The molecule has 3 aliphatic rings. The van der Waals surface area contributed by atoms with Crippen LogP contribution >= 0.6 is 0 Å². The van der Waals surface area contributed by atoms with Gasteiger partial charge in [-0.15, -0.1) is 0 Å². The van der Waals surface area contributed by atoms with Crippen molar-refractivity contribution in [1.82, 2.24) is 9.97 Å². The van der Waals surface area contributed by atoms with E-state index >= 15 is 0 Å². The molecule has 1 aromatic rings. The predicted molar refractivity (Wildman–Crippen MR) is 68.6 cm³/mol. The number of carbonyl (C=O) groups excluding carboxylic acids is 1. The molecule has 4 atom stereocenters. The smallest absolute Gasteiger partial charge is 0.358 e. The SMILES string of the molecule is COC(=O)c1cnc(NC2C3C4CCC(C4)C23)cn1. The van der Waals surface area contributed by atoms with Gasteiger partial charge in [-0.1, -0.05) is 0 Å². The summed E-state index contributed by atoms with van der Waals surface area (Å²) in [5.41, 5.74) is 0.254.